The Kier molecular flexibility index (Phi) is 28.2. The van der Waals surface area contributed by atoms with E-state index in [2.05, 4.69) is 146 Å². The first-order chi connectivity index (χ1) is 37.2. The van der Waals surface area contributed by atoms with Gasteiger partial charge in [-0.25, -0.2) is 17.6 Å². The van der Waals surface area contributed by atoms with Crippen LogP contribution in [0.5, 0.6) is 0 Å². The molecule has 4 aliphatic rings. The fourth-order valence-corrected chi connectivity index (χ4v) is 15.5. The molecule has 0 N–H and O–H groups in total. The van der Waals surface area contributed by atoms with Crippen molar-refractivity contribution < 1.29 is 89.0 Å². The van der Waals surface area contributed by atoms with Crippen LogP contribution in [0.2, 0.25) is 0 Å². The van der Waals surface area contributed by atoms with E-state index in [4.69, 9.17) is 0 Å². The van der Waals surface area contributed by atoms with Gasteiger partial charge in [0.25, 0.3) is 0 Å². The van der Waals surface area contributed by atoms with Crippen LogP contribution in [0.15, 0.2) is 267 Å². The summed E-state index contributed by atoms with van der Waals surface area (Å²) < 4.78 is 51.0. The third-order valence-electron chi connectivity index (χ3n) is 11.6. The molecule has 4 aliphatic carbocycles. The monoisotopic (exact) mass is 1250 g/mol. The van der Waals surface area contributed by atoms with Crippen LogP contribution >= 0.6 is 0 Å². The predicted octanol–water partition coefficient (Wildman–Crippen LogP) is 8.57. The summed E-state index contributed by atoms with van der Waals surface area (Å²) in [6.07, 6.45) is 31.8. The first kappa shape index (κ1) is 63.0. The maximum absolute atomic E-state index is 12.8. The Labute approximate surface area is 500 Å². The average Bonchev–Trinajstić information content (AvgIpc) is 4.36. The Morgan fingerprint density at radius 1 is 0.282 bits per heavy atom. The molecule has 0 unspecified atom stereocenters. The van der Waals surface area contributed by atoms with Gasteiger partial charge in [0.05, 0.1) is 0 Å². The van der Waals surface area contributed by atoms with Gasteiger partial charge < -0.3 is 24.8 Å². The Balaban J connectivity index is 0.000000172. The normalized spacial score (nSPS) is 12.7. The van der Waals surface area contributed by atoms with Crippen molar-refractivity contribution in [3.63, 3.8) is 0 Å². The van der Waals surface area contributed by atoms with Crippen LogP contribution < -0.4 is 45.6 Å². The molecule has 0 amide bonds. The molecule has 10 heteroatoms. The third-order valence-corrected chi connectivity index (χ3v) is 23.7. The van der Waals surface area contributed by atoms with E-state index in [1.807, 2.05) is 72.9 Å². The molecule has 0 saturated carbocycles. The number of hydrogen-bond donors (Lipinski definition) is 0. The van der Waals surface area contributed by atoms with Gasteiger partial charge in [-0.3, -0.25) is 0 Å². The van der Waals surface area contributed by atoms with Gasteiger partial charge >= 0.3 is 200 Å². The summed E-state index contributed by atoms with van der Waals surface area (Å²) in [6, 6.07) is 69.7. The van der Waals surface area contributed by atoms with Crippen molar-refractivity contribution in [2.24, 2.45) is 0 Å². The zero-order valence-electron chi connectivity index (χ0n) is 42.5. The van der Waals surface area contributed by atoms with Crippen LogP contribution in [0.25, 0.3) is 22.3 Å². The van der Waals surface area contributed by atoms with Gasteiger partial charge in [0.15, 0.2) is 0 Å². The summed E-state index contributed by atoms with van der Waals surface area (Å²) in [5.41, 5.74) is 6.70. The summed E-state index contributed by atoms with van der Waals surface area (Å²) in [6.45, 7) is 0. The van der Waals surface area contributed by atoms with Crippen molar-refractivity contribution in [2.75, 3.05) is 0 Å². The van der Waals surface area contributed by atoms with Crippen LogP contribution in [0.3, 0.4) is 0 Å². The minimum absolute atomic E-state index is 0. The topological polar surface area (TPSA) is 0 Å². The molecular formula is C68H52Cl2F4Si2Zr2-2. The molecule has 0 saturated heterocycles. The third kappa shape index (κ3) is 21.1. The summed E-state index contributed by atoms with van der Waals surface area (Å²) >= 11 is 3.29. The van der Waals surface area contributed by atoms with Crippen molar-refractivity contribution in [2.45, 2.75) is 25.7 Å². The standard InChI is InChI=1S/2C12H10Si.4C11H8F.2ClH.2Zr/c2*1-3-7-11(8-4-1)13-12-9-5-2-6-10-12;4*12-11-7-3-6-10(8-11)9-4-1-2-5-9;;;;/h2*1-10H;4*1,3-4,6-8H,2H2;2*1H;;/q;;4*-1;;;2*+2/p-2. The molecule has 8 aromatic carbocycles. The van der Waals surface area contributed by atoms with Gasteiger partial charge in [-0.05, 0) is 24.3 Å². The Bertz CT molecular complexity index is 2990. The summed E-state index contributed by atoms with van der Waals surface area (Å²) in [5, 5.41) is 6.06. The van der Waals surface area contributed by atoms with Crippen molar-refractivity contribution in [3.05, 3.63) is 337 Å². The van der Waals surface area contributed by atoms with E-state index in [9.17, 15) is 17.6 Å². The zero-order valence-corrected chi connectivity index (χ0v) is 50.9. The molecule has 78 heavy (non-hydrogen) atoms. The number of benzene rings is 8. The fourth-order valence-electron chi connectivity index (χ4n) is 7.79. The van der Waals surface area contributed by atoms with Crippen molar-refractivity contribution in [1.29, 1.82) is 0 Å². The Morgan fingerprint density at radius 3 is 0.654 bits per heavy atom. The minimum atomic E-state index is -0.455. The zero-order chi connectivity index (χ0) is 53.2. The van der Waals surface area contributed by atoms with E-state index in [1.54, 1.807) is 70.9 Å². The molecule has 8 aromatic rings. The molecule has 0 radical (unpaired) electrons. The SMILES string of the molecule is Fc1cccc(C2=[C-]CC=C2)c1.Fc1cccc(C2=[C-]CC=C2)c1.Fc1cccc(C2=[C-]CC=C2)c1.Fc1cccc(C2=[C-]CC=C2)c1.[Cl-].[Cl-].[Zr+2]=[Si](c1ccccc1)c1ccccc1.[Zr+2]=[Si](c1ccccc1)c1ccccc1. The van der Waals surface area contributed by atoms with Gasteiger partial charge in [0, 0.05) is 0 Å². The van der Waals surface area contributed by atoms with E-state index in [1.165, 1.54) is 69.3 Å². The van der Waals surface area contributed by atoms with Gasteiger partial charge in [-0.2, -0.15) is 70.9 Å². The quantitative estimate of drug-likeness (QED) is 0.0814. The van der Waals surface area contributed by atoms with E-state index in [-0.39, 0.29) is 48.1 Å². The number of rotatable bonds is 8. The molecule has 384 valence electrons. The molecule has 0 fully saturated rings. The van der Waals surface area contributed by atoms with Gasteiger partial charge in [-0.1, -0.05) is 74.2 Å². The fraction of sp³-hybridized carbons (Fsp3) is 0.0588. The molecule has 0 nitrogen and oxygen atoms in total. The molecule has 12 rings (SSSR count). The van der Waals surface area contributed by atoms with E-state index >= 15 is 0 Å². The van der Waals surface area contributed by atoms with Gasteiger partial charge in [0.2, 0.25) is 0 Å². The van der Waals surface area contributed by atoms with Crippen LogP contribution in [-0.2, 0) is 46.7 Å². The molecule has 0 heterocycles. The van der Waals surface area contributed by atoms with Gasteiger partial charge in [0.1, 0.15) is 23.3 Å². The van der Waals surface area contributed by atoms with E-state index in [0.717, 1.165) is 70.2 Å². The Hall–Kier alpha value is -5.82. The van der Waals surface area contributed by atoms with Gasteiger partial charge in [-0.15, -0.1) is 70.8 Å². The molecule has 0 aromatic heterocycles. The van der Waals surface area contributed by atoms with Crippen molar-refractivity contribution in [3.8, 4) is 0 Å². The average molecular weight is 1250 g/mol. The Morgan fingerprint density at radius 2 is 0.487 bits per heavy atom. The molecule has 0 spiro atoms. The second kappa shape index (κ2) is 34.9. The van der Waals surface area contributed by atoms with E-state index < -0.39 is 10.9 Å². The second-order valence-corrected chi connectivity index (χ2v) is 28.2. The summed E-state index contributed by atoms with van der Waals surface area (Å²) in [7, 11) is 0. The summed E-state index contributed by atoms with van der Waals surface area (Å²) in [5.74, 6) is -0.770. The van der Waals surface area contributed by atoms with Crippen LogP contribution in [0.1, 0.15) is 47.9 Å². The van der Waals surface area contributed by atoms with E-state index in [0.29, 0.717) is 0 Å². The first-order valence-corrected chi connectivity index (χ1v) is 35.1. The second-order valence-electron chi connectivity index (χ2n) is 17.0. The first-order valence-electron chi connectivity index (χ1n) is 24.7. The van der Waals surface area contributed by atoms with Crippen LogP contribution in [0, 0.1) is 47.6 Å². The van der Waals surface area contributed by atoms with Crippen LogP contribution in [-0.4, -0.2) is 10.9 Å². The molecular weight excluding hydrogens is 1200 g/mol. The van der Waals surface area contributed by atoms with Crippen molar-refractivity contribution >= 4 is 53.9 Å². The number of halogens is 6. The van der Waals surface area contributed by atoms with Crippen LogP contribution in [0.4, 0.5) is 17.6 Å². The maximum atomic E-state index is 12.8. The molecule has 0 bridgehead atoms. The molecule has 0 aliphatic heterocycles. The number of hydrogen-bond acceptors (Lipinski definition) is 0. The summed E-state index contributed by atoms with van der Waals surface area (Å²) in [4.78, 5) is 0. The molecule has 0 atom stereocenters. The number of allylic oxidation sites excluding steroid dienone is 16. The van der Waals surface area contributed by atoms with Crippen molar-refractivity contribution in [1.82, 2.24) is 0 Å². The predicted molar refractivity (Wildman–Crippen MR) is 303 cm³/mol.